The molecule has 39 heteroatoms. The molecule has 0 radical (unpaired) electrons. The molecular weight excluding hydrogens is 1560 g/mol. The number of carbonyl (C=O) groups excluding carboxylic acids is 13. The molecule has 0 saturated heterocycles. The number of H-pyrrole nitrogens is 1. The fourth-order valence-corrected chi connectivity index (χ4v) is 14.2. The molecule has 0 aliphatic carbocycles. The minimum absolute atomic E-state index is 0.00247. The van der Waals surface area contributed by atoms with Gasteiger partial charge in [-0.25, -0.2) is 9.97 Å². The van der Waals surface area contributed by atoms with Gasteiger partial charge in [-0.1, -0.05) is 24.3 Å². The van der Waals surface area contributed by atoms with E-state index in [1.807, 2.05) is 24.3 Å². The fourth-order valence-electron chi connectivity index (χ4n) is 13.9. The van der Waals surface area contributed by atoms with Crippen molar-refractivity contribution in [2.45, 2.75) is 38.5 Å². The number of benzene rings is 3. The van der Waals surface area contributed by atoms with E-state index in [0.717, 1.165) is 10.9 Å². The molecule has 1 atom stereocenters. The Kier molecular flexibility index (Phi) is 23.7. The third kappa shape index (κ3) is 18.5. The maximum atomic E-state index is 14.1. The van der Waals surface area contributed by atoms with E-state index >= 15 is 0 Å². The summed E-state index contributed by atoms with van der Waals surface area (Å²) in [5.41, 5.74) is 5.99. The van der Waals surface area contributed by atoms with Crippen LogP contribution in [-0.2, 0) is 75.6 Å². The number of imidazole rings is 2. The van der Waals surface area contributed by atoms with Gasteiger partial charge in [0.15, 0.2) is 11.6 Å². The van der Waals surface area contributed by atoms with Gasteiger partial charge in [-0.2, -0.15) is 0 Å². The maximum Gasteiger partial charge on any atom is 0.291 e. The van der Waals surface area contributed by atoms with Crippen molar-refractivity contribution in [2.24, 2.45) is 56.4 Å². The van der Waals surface area contributed by atoms with Crippen LogP contribution in [0.5, 0.6) is 5.75 Å². The van der Waals surface area contributed by atoms with Gasteiger partial charge in [-0.15, -0.1) is 11.6 Å². The summed E-state index contributed by atoms with van der Waals surface area (Å²) < 4.78 is 11.9. The Labute approximate surface area is 682 Å². The molecule has 0 spiro atoms. The number of hydrogen-bond donors (Lipinski definition) is 14. The average molecular weight is 1640 g/mol. The van der Waals surface area contributed by atoms with E-state index in [-0.39, 0.29) is 144 Å². The van der Waals surface area contributed by atoms with Gasteiger partial charge in [-0.05, 0) is 78.0 Å². The number of aromatic amines is 1. The lowest BCUT2D eigenvalue weighted by molar-refractivity contribution is -0.117. The van der Waals surface area contributed by atoms with Crippen molar-refractivity contribution in [2.75, 3.05) is 84.8 Å². The van der Waals surface area contributed by atoms with Gasteiger partial charge in [0.25, 0.3) is 53.2 Å². The molecule has 14 N–H and O–H groups in total. The van der Waals surface area contributed by atoms with Gasteiger partial charge in [0.1, 0.15) is 45.6 Å². The lowest BCUT2D eigenvalue weighted by Crippen LogP contribution is -2.30. The second-order valence-electron chi connectivity index (χ2n) is 28.6. The van der Waals surface area contributed by atoms with E-state index < -0.39 is 65.0 Å². The normalized spacial score (nSPS) is 12.2. The quantitative estimate of drug-likeness (QED) is 0.0160. The van der Waals surface area contributed by atoms with Crippen LogP contribution in [0.2, 0.25) is 0 Å². The minimum Gasteiger partial charge on any atom is -0.507 e. The first-order valence-corrected chi connectivity index (χ1v) is 37.7. The van der Waals surface area contributed by atoms with Crippen LogP contribution >= 0.6 is 11.6 Å². The molecule has 0 bridgehead atoms. The number of phenolic OH excluding ortho intramolecular Hbond substituents is 1. The molecule has 13 rings (SSSR count). The first kappa shape index (κ1) is 81.8. The Morgan fingerprint density at radius 1 is 0.420 bits per heavy atom. The average Bonchev–Trinajstić information content (AvgIpc) is 1.60. The monoisotopic (exact) mass is 1640 g/mol. The number of fused-ring (bicyclic) bond motifs is 4. The van der Waals surface area contributed by atoms with Crippen LogP contribution in [-0.4, -0.2) is 165 Å². The second kappa shape index (κ2) is 34.4. The Bertz CT molecular complexity index is 6130. The number of aromatic hydroxyl groups is 1. The van der Waals surface area contributed by atoms with Crippen LogP contribution in [0.25, 0.3) is 21.7 Å². The SMILES string of the molecule is CC(=O)Nc1cc(C(=O)Nc2cn(C)c(C(=O)Nc3cc(C(=O)NCCC(=O)Nc4cn(C)c(C(=O)Nc5cc(C(=O)NCCCC(=O)Nc6cc(C(=O)Nc7cc(C(=O)NCCC(=O)Nc8cc(C(=O)Nc9ccc%10[nH]c(C(=O)N%11CC(CCl)c%12c%11cc(O)c%11ccccc%12%11)cc%10c9)n(C)c8)n(C)c7)n(C)c6)n(C)c5)n4)n(C)c3)n2)n(C)c1. The number of anilines is 10. The summed E-state index contributed by atoms with van der Waals surface area (Å²) in [5, 5.41) is 45.7. The number of rotatable bonds is 29. The molecule has 9 aromatic heterocycles. The van der Waals surface area contributed by atoms with Crippen molar-refractivity contribution in [1.29, 1.82) is 0 Å². The highest BCUT2D eigenvalue weighted by atomic mass is 35.5. The smallest absolute Gasteiger partial charge is 0.291 e. The van der Waals surface area contributed by atoms with E-state index in [9.17, 15) is 67.4 Å². The molecule has 12 aromatic rings. The third-order valence-electron chi connectivity index (χ3n) is 19.6. The van der Waals surface area contributed by atoms with E-state index in [1.54, 1.807) is 115 Å². The molecule has 10 heterocycles. The summed E-state index contributed by atoms with van der Waals surface area (Å²) in [7, 11) is 12.8. The summed E-state index contributed by atoms with van der Waals surface area (Å²) in [6.07, 6.45) is 12.1. The van der Waals surface area contributed by atoms with Gasteiger partial charge in [0, 0.05) is 198 Å². The summed E-state index contributed by atoms with van der Waals surface area (Å²) in [6, 6.07) is 24.8. The molecule has 38 nitrogen and oxygen atoms in total. The molecule has 1 aliphatic heterocycles. The van der Waals surface area contributed by atoms with Crippen molar-refractivity contribution in [3.05, 3.63) is 198 Å². The standard InChI is InChI=1S/C80H83ClN24O14/c1-42(106)85-46-25-62(100(5)34-46)77(116)96-65-41-104(9)71(95-65)79(118)91-51-30-59(99(4)39-51)74(113)84-22-19-68(110)93-64-40-103(8)70(94-64)78(117)90-50-29-57(98(3)38-50)72(111)82-20-12-15-66(108)86-47-26-61(102(7)35-47)76(115)89-49-28-58(97(2)37-49)73(112)83-21-18-67(109)87-48-27-60(101(6)36-48)75(114)88-45-16-17-54-43(23-45)24-55(92-54)80(119)105-33-44(32-81)69-53-14-11-10-13-52(53)63(107)31-56(69)105/h10-11,13-14,16-17,23-31,34-41,44,92,107H,12,15,18-22,32-33H2,1-9H3,(H,82,111)(H,83,112)(H,84,113)(H,85,106)(H,86,108)(H,87,109)(H,88,114)(H,89,115)(H,90,117)(H,91,118)(H,93,110)(H,96,116). The number of hydrogen-bond acceptors (Lipinski definition) is 16. The van der Waals surface area contributed by atoms with E-state index in [0.29, 0.717) is 62.7 Å². The highest BCUT2D eigenvalue weighted by Crippen LogP contribution is 2.46. The Hall–Kier alpha value is -15.2. The van der Waals surface area contributed by atoms with Crippen LogP contribution in [0, 0.1) is 0 Å². The van der Waals surface area contributed by atoms with Crippen molar-refractivity contribution < 1.29 is 67.4 Å². The molecule has 3 aromatic carbocycles. The third-order valence-corrected chi connectivity index (χ3v) is 20.0. The molecule has 614 valence electrons. The number of nitrogens with zero attached hydrogens (tertiary/aromatic N) is 11. The summed E-state index contributed by atoms with van der Waals surface area (Å²) in [5.74, 6) is -6.16. The highest BCUT2D eigenvalue weighted by molar-refractivity contribution is 6.20. The predicted octanol–water partition coefficient (Wildman–Crippen LogP) is 7.39. The van der Waals surface area contributed by atoms with Crippen LogP contribution in [0.15, 0.2) is 141 Å². The Balaban J connectivity index is 0.497. The number of amides is 13. The zero-order valence-corrected chi connectivity index (χ0v) is 66.5. The van der Waals surface area contributed by atoms with Crippen LogP contribution < -0.4 is 68.7 Å². The van der Waals surface area contributed by atoms with E-state index in [4.69, 9.17) is 11.6 Å². The van der Waals surface area contributed by atoms with Crippen LogP contribution in [0.4, 0.5) is 57.1 Å². The van der Waals surface area contributed by atoms with Gasteiger partial charge in [-0.3, -0.25) is 62.3 Å². The Morgan fingerprint density at radius 2 is 0.824 bits per heavy atom. The highest BCUT2D eigenvalue weighted by Gasteiger charge is 2.36. The number of halogens is 1. The van der Waals surface area contributed by atoms with E-state index in [2.05, 4.69) is 78.8 Å². The topological polar surface area (TPSA) is 471 Å². The summed E-state index contributed by atoms with van der Waals surface area (Å²) >= 11 is 6.42. The molecule has 1 unspecified atom stereocenters. The van der Waals surface area contributed by atoms with Gasteiger partial charge < -0.3 is 115 Å². The molecule has 119 heavy (non-hydrogen) atoms. The largest absolute Gasteiger partial charge is 0.507 e. The maximum absolute atomic E-state index is 14.1. The Morgan fingerprint density at radius 3 is 1.30 bits per heavy atom. The molecular formula is C80H83ClN24O14. The molecule has 13 amide bonds. The number of carbonyl (C=O) groups is 13. The summed E-state index contributed by atoms with van der Waals surface area (Å²) in [4.78, 5) is 185. The minimum atomic E-state index is -0.658. The van der Waals surface area contributed by atoms with Crippen molar-refractivity contribution in [1.82, 2.24) is 67.4 Å². The van der Waals surface area contributed by atoms with E-state index in [1.165, 1.54) is 106 Å². The van der Waals surface area contributed by atoms with Crippen LogP contribution in [0.3, 0.4) is 0 Å². The number of alkyl halides is 1. The lowest BCUT2D eigenvalue weighted by atomic mass is 9.95. The number of aryl methyl sites for hydroxylation is 8. The molecule has 1 aliphatic rings. The van der Waals surface area contributed by atoms with Crippen molar-refractivity contribution >= 4 is 167 Å². The zero-order chi connectivity index (χ0) is 84.9. The molecule has 0 fully saturated rings. The fraction of sp³-hybridized carbons (Fsp3) is 0.237. The van der Waals surface area contributed by atoms with Gasteiger partial charge >= 0.3 is 0 Å². The van der Waals surface area contributed by atoms with Crippen molar-refractivity contribution in [3.63, 3.8) is 0 Å². The lowest BCUT2D eigenvalue weighted by Gasteiger charge is -2.17. The first-order valence-electron chi connectivity index (χ1n) is 37.2. The van der Waals surface area contributed by atoms with Gasteiger partial charge in [0.2, 0.25) is 35.3 Å². The van der Waals surface area contributed by atoms with Gasteiger partial charge in [0.05, 0.1) is 39.8 Å². The second-order valence-corrected chi connectivity index (χ2v) is 28.9. The number of phenols is 1. The first-order chi connectivity index (χ1) is 56.8. The number of aromatic nitrogens is 11. The van der Waals surface area contributed by atoms with Crippen molar-refractivity contribution in [3.8, 4) is 5.75 Å². The predicted molar refractivity (Wildman–Crippen MR) is 443 cm³/mol. The number of nitrogens with one attached hydrogen (secondary N) is 13. The zero-order valence-electron chi connectivity index (χ0n) is 65.8. The molecule has 0 saturated carbocycles. The van der Waals surface area contributed by atoms with Crippen LogP contribution in [0.1, 0.15) is 139 Å². The summed E-state index contributed by atoms with van der Waals surface area (Å²) in [6.45, 7) is 1.63.